The summed E-state index contributed by atoms with van der Waals surface area (Å²) in [5.41, 5.74) is 0.873. The van der Waals surface area contributed by atoms with Crippen LogP contribution >= 0.6 is 23.2 Å². The van der Waals surface area contributed by atoms with Gasteiger partial charge in [0.2, 0.25) is 0 Å². The Morgan fingerprint density at radius 2 is 2.19 bits per heavy atom. The highest BCUT2D eigenvalue weighted by Crippen LogP contribution is 2.17. The van der Waals surface area contributed by atoms with Crippen molar-refractivity contribution >= 4 is 23.2 Å². The molecule has 1 heterocycles. The summed E-state index contributed by atoms with van der Waals surface area (Å²) in [7, 11) is 0. The average Bonchev–Trinajstić information content (AvgIpc) is 2.71. The van der Waals surface area contributed by atoms with Gasteiger partial charge in [-0.25, -0.2) is 4.39 Å². The molecule has 0 fully saturated rings. The summed E-state index contributed by atoms with van der Waals surface area (Å²) in [6.45, 7) is 0.523. The van der Waals surface area contributed by atoms with Crippen LogP contribution in [0.15, 0.2) is 24.5 Å². The number of rotatable bonds is 3. The van der Waals surface area contributed by atoms with Gasteiger partial charge < -0.3 is 4.57 Å². The van der Waals surface area contributed by atoms with Crippen molar-refractivity contribution < 1.29 is 4.39 Å². The fourth-order valence-corrected chi connectivity index (χ4v) is 1.76. The normalized spacial score (nSPS) is 10.7. The molecule has 1 aromatic heterocycles. The summed E-state index contributed by atoms with van der Waals surface area (Å²) in [6, 6.07) is 4.58. The van der Waals surface area contributed by atoms with Crippen LogP contribution in [-0.4, -0.2) is 14.8 Å². The number of hydrogen-bond donors (Lipinski definition) is 0. The number of alkyl halides is 1. The minimum atomic E-state index is -0.424. The summed E-state index contributed by atoms with van der Waals surface area (Å²) >= 11 is 11.4. The molecule has 0 saturated heterocycles. The second kappa shape index (κ2) is 4.80. The molecule has 0 saturated carbocycles. The standard InChI is InChI=1S/C10H8Cl2FN3/c11-4-10-15-14-6-16(10)5-7-1-2-9(13)8(12)3-7/h1-3,6H,4-5H2. The van der Waals surface area contributed by atoms with Crippen LogP contribution in [0.5, 0.6) is 0 Å². The number of aromatic nitrogens is 3. The van der Waals surface area contributed by atoms with Crippen LogP contribution in [0.4, 0.5) is 4.39 Å². The Morgan fingerprint density at radius 3 is 2.88 bits per heavy atom. The maximum Gasteiger partial charge on any atom is 0.148 e. The molecular weight excluding hydrogens is 252 g/mol. The Bertz CT molecular complexity index is 499. The fourth-order valence-electron chi connectivity index (χ4n) is 1.35. The van der Waals surface area contributed by atoms with Crippen LogP contribution < -0.4 is 0 Å². The van der Waals surface area contributed by atoms with Crippen molar-refractivity contribution in [3.05, 3.63) is 46.8 Å². The lowest BCUT2D eigenvalue weighted by atomic mass is 10.2. The molecule has 3 nitrogen and oxygen atoms in total. The molecule has 0 bridgehead atoms. The van der Waals surface area contributed by atoms with Crippen molar-refractivity contribution in [1.29, 1.82) is 0 Å². The Labute approximate surface area is 102 Å². The average molecular weight is 260 g/mol. The fraction of sp³-hybridized carbons (Fsp3) is 0.200. The van der Waals surface area contributed by atoms with Gasteiger partial charge in [0.15, 0.2) is 0 Å². The van der Waals surface area contributed by atoms with Gasteiger partial charge in [-0.1, -0.05) is 17.7 Å². The molecule has 2 rings (SSSR count). The van der Waals surface area contributed by atoms with Gasteiger partial charge in [-0.05, 0) is 17.7 Å². The van der Waals surface area contributed by atoms with Crippen molar-refractivity contribution in [2.75, 3.05) is 0 Å². The lowest BCUT2D eigenvalue weighted by Gasteiger charge is -2.05. The van der Waals surface area contributed by atoms with Crippen LogP contribution in [0.3, 0.4) is 0 Å². The number of nitrogens with zero attached hydrogens (tertiary/aromatic N) is 3. The molecule has 0 aliphatic rings. The molecule has 2 aromatic rings. The van der Waals surface area contributed by atoms with Gasteiger partial charge >= 0.3 is 0 Å². The van der Waals surface area contributed by atoms with E-state index in [-0.39, 0.29) is 10.9 Å². The molecule has 0 amide bonds. The second-order valence-corrected chi connectivity index (χ2v) is 3.93. The van der Waals surface area contributed by atoms with E-state index in [1.54, 1.807) is 23.0 Å². The van der Waals surface area contributed by atoms with Crippen molar-refractivity contribution in [3.63, 3.8) is 0 Å². The first-order valence-electron chi connectivity index (χ1n) is 4.57. The van der Waals surface area contributed by atoms with Gasteiger partial charge in [-0.3, -0.25) is 0 Å². The Kier molecular flexibility index (Phi) is 3.41. The van der Waals surface area contributed by atoms with E-state index in [1.165, 1.54) is 6.07 Å². The van der Waals surface area contributed by atoms with E-state index in [0.717, 1.165) is 5.56 Å². The van der Waals surface area contributed by atoms with E-state index < -0.39 is 5.82 Å². The Morgan fingerprint density at radius 1 is 1.38 bits per heavy atom. The summed E-state index contributed by atoms with van der Waals surface area (Å²) in [6.07, 6.45) is 1.58. The molecule has 6 heteroatoms. The first kappa shape index (κ1) is 11.4. The number of halogens is 3. The highest BCUT2D eigenvalue weighted by Gasteiger charge is 2.05. The van der Waals surface area contributed by atoms with Crippen LogP contribution in [0.25, 0.3) is 0 Å². The van der Waals surface area contributed by atoms with Gasteiger partial charge in [-0.15, -0.1) is 21.8 Å². The summed E-state index contributed by atoms with van der Waals surface area (Å²) in [5, 5.41) is 7.70. The Balaban J connectivity index is 2.24. The third-order valence-electron chi connectivity index (χ3n) is 2.15. The third-order valence-corrected chi connectivity index (χ3v) is 2.68. The molecular formula is C10H8Cl2FN3. The van der Waals surface area contributed by atoms with Gasteiger partial charge in [0.25, 0.3) is 0 Å². The molecule has 84 valence electrons. The largest absolute Gasteiger partial charge is 0.312 e. The van der Waals surface area contributed by atoms with Crippen molar-refractivity contribution in [2.24, 2.45) is 0 Å². The van der Waals surface area contributed by atoms with Crippen LogP contribution in [0, 0.1) is 5.82 Å². The lowest BCUT2D eigenvalue weighted by Crippen LogP contribution is -2.02. The highest BCUT2D eigenvalue weighted by atomic mass is 35.5. The molecule has 0 aliphatic carbocycles. The molecule has 1 aromatic carbocycles. The number of benzene rings is 1. The van der Waals surface area contributed by atoms with E-state index in [9.17, 15) is 4.39 Å². The topological polar surface area (TPSA) is 30.7 Å². The molecule has 0 aliphatic heterocycles. The SMILES string of the molecule is Fc1ccc(Cn2cnnc2CCl)cc1Cl. The molecule has 0 atom stereocenters. The van der Waals surface area contributed by atoms with Crippen LogP contribution in [-0.2, 0) is 12.4 Å². The predicted molar refractivity (Wildman–Crippen MR) is 60.1 cm³/mol. The van der Waals surface area contributed by atoms with Gasteiger partial charge in [-0.2, -0.15) is 0 Å². The summed E-state index contributed by atoms with van der Waals surface area (Å²) in [5.74, 6) is 0.531. The van der Waals surface area contributed by atoms with Crippen molar-refractivity contribution in [1.82, 2.24) is 14.8 Å². The summed E-state index contributed by atoms with van der Waals surface area (Å²) < 4.78 is 14.7. The van der Waals surface area contributed by atoms with E-state index >= 15 is 0 Å². The first-order valence-corrected chi connectivity index (χ1v) is 5.48. The van der Waals surface area contributed by atoms with E-state index in [4.69, 9.17) is 23.2 Å². The quantitative estimate of drug-likeness (QED) is 0.794. The van der Waals surface area contributed by atoms with Crippen molar-refractivity contribution in [2.45, 2.75) is 12.4 Å². The zero-order valence-electron chi connectivity index (χ0n) is 8.20. The Hall–Kier alpha value is -1.13. The van der Waals surface area contributed by atoms with Crippen LogP contribution in [0.2, 0.25) is 5.02 Å². The molecule has 0 radical (unpaired) electrons. The molecule has 0 N–H and O–H groups in total. The molecule has 0 unspecified atom stereocenters. The minimum absolute atomic E-state index is 0.109. The molecule has 0 spiro atoms. The van der Waals surface area contributed by atoms with E-state index in [0.29, 0.717) is 12.4 Å². The van der Waals surface area contributed by atoms with E-state index in [1.807, 2.05) is 0 Å². The lowest BCUT2D eigenvalue weighted by molar-refractivity contribution is 0.626. The highest BCUT2D eigenvalue weighted by molar-refractivity contribution is 6.30. The monoisotopic (exact) mass is 259 g/mol. The smallest absolute Gasteiger partial charge is 0.148 e. The maximum atomic E-state index is 12.9. The maximum absolute atomic E-state index is 12.9. The second-order valence-electron chi connectivity index (χ2n) is 3.26. The zero-order chi connectivity index (χ0) is 11.5. The summed E-state index contributed by atoms with van der Waals surface area (Å²) in [4.78, 5) is 0. The van der Waals surface area contributed by atoms with Gasteiger partial charge in [0, 0.05) is 0 Å². The molecule has 16 heavy (non-hydrogen) atoms. The van der Waals surface area contributed by atoms with Gasteiger partial charge in [0.1, 0.15) is 18.0 Å². The van der Waals surface area contributed by atoms with Crippen LogP contribution in [0.1, 0.15) is 11.4 Å². The number of hydrogen-bond acceptors (Lipinski definition) is 2. The third kappa shape index (κ3) is 2.33. The van der Waals surface area contributed by atoms with Crippen molar-refractivity contribution in [3.8, 4) is 0 Å². The zero-order valence-corrected chi connectivity index (χ0v) is 9.71. The minimum Gasteiger partial charge on any atom is -0.312 e. The first-order chi connectivity index (χ1) is 7.70. The van der Waals surface area contributed by atoms with Gasteiger partial charge in [0.05, 0.1) is 17.4 Å². The van der Waals surface area contributed by atoms with E-state index in [2.05, 4.69) is 10.2 Å². The predicted octanol–water partition coefficient (Wildman–Crippen LogP) is 2.86.